The summed E-state index contributed by atoms with van der Waals surface area (Å²) in [5.41, 5.74) is 2.79. The molecule has 1 unspecified atom stereocenters. The summed E-state index contributed by atoms with van der Waals surface area (Å²) in [6, 6.07) is 11.1. The lowest BCUT2D eigenvalue weighted by Gasteiger charge is -2.29. The summed E-state index contributed by atoms with van der Waals surface area (Å²) in [7, 11) is 0. The first-order valence-electron chi connectivity index (χ1n) is 8.47. The Bertz CT molecular complexity index is 889. The molecular weight excluding hydrogens is 348 g/mol. The zero-order valence-corrected chi connectivity index (χ0v) is 15.1. The van der Waals surface area contributed by atoms with Gasteiger partial charge in [0, 0.05) is 0 Å². The number of aryl methyl sites for hydroxylation is 2. The fourth-order valence-electron chi connectivity index (χ4n) is 3.14. The summed E-state index contributed by atoms with van der Waals surface area (Å²) in [6.07, 6.45) is 0. The molecule has 1 heterocycles. The van der Waals surface area contributed by atoms with Crippen LogP contribution in [0.3, 0.4) is 0 Å². The molecule has 2 amide bonds. The highest BCUT2D eigenvalue weighted by Gasteiger charge is 2.29. The summed E-state index contributed by atoms with van der Waals surface area (Å²) >= 11 is 0. The summed E-state index contributed by atoms with van der Waals surface area (Å²) in [5.74, 6) is -1.58. The average molecular weight is 368 g/mol. The van der Waals surface area contributed by atoms with Gasteiger partial charge in [-0.05, 0) is 31.5 Å². The van der Waals surface area contributed by atoms with E-state index in [-0.39, 0.29) is 19.1 Å². The number of hydrogen-bond donors (Lipinski definition) is 2. The number of nitrogens with zero attached hydrogens (tertiary/aromatic N) is 1. The van der Waals surface area contributed by atoms with Gasteiger partial charge in [-0.2, -0.15) is 0 Å². The zero-order chi connectivity index (χ0) is 19.6. The number of hydrogen-bond acceptors (Lipinski definition) is 4. The van der Waals surface area contributed by atoms with Gasteiger partial charge in [-0.25, -0.2) is 4.79 Å². The van der Waals surface area contributed by atoms with E-state index in [4.69, 9.17) is 4.74 Å². The number of carboxylic acid groups (broad SMARTS) is 1. The first kappa shape index (κ1) is 18.4. The highest BCUT2D eigenvalue weighted by atomic mass is 16.5. The van der Waals surface area contributed by atoms with Crippen LogP contribution in [0.5, 0.6) is 5.75 Å². The molecule has 0 aromatic heterocycles. The standard InChI is InChI=1S/C20H20N2O5/c1-12-7-13(2)9-14(8-12)19(20(25)26)21-17(23)10-22-15-5-3-4-6-16(15)27-11-18(22)24/h3-9,19H,10-11H2,1-2H3,(H,21,23)(H,25,26). The Morgan fingerprint density at radius 3 is 2.52 bits per heavy atom. The third-order valence-electron chi connectivity index (χ3n) is 4.24. The van der Waals surface area contributed by atoms with Gasteiger partial charge < -0.3 is 15.2 Å². The molecule has 2 N–H and O–H groups in total. The number of nitrogens with one attached hydrogen (secondary N) is 1. The quantitative estimate of drug-likeness (QED) is 0.841. The van der Waals surface area contributed by atoms with Crippen molar-refractivity contribution in [2.24, 2.45) is 0 Å². The lowest BCUT2D eigenvalue weighted by atomic mass is 10.0. The number of benzene rings is 2. The van der Waals surface area contributed by atoms with Crippen molar-refractivity contribution in [3.63, 3.8) is 0 Å². The van der Waals surface area contributed by atoms with Crippen LogP contribution < -0.4 is 15.0 Å². The molecule has 0 spiro atoms. The van der Waals surface area contributed by atoms with Crippen LogP contribution in [0, 0.1) is 13.8 Å². The molecule has 1 aliphatic rings. The van der Waals surface area contributed by atoms with E-state index in [9.17, 15) is 19.5 Å². The minimum absolute atomic E-state index is 0.163. The minimum atomic E-state index is -1.19. The number of ether oxygens (including phenoxy) is 1. The average Bonchev–Trinajstić information content (AvgIpc) is 2.61. The minimum Gasteiger partial charge on any atom is -0.482 e. The van der Waals surface area contributed by atoms with E-state index < -0.39 is 17.9 Å². The van der Waals surface area contributed by atoms with E-state index in [1.54, 1.807) is 36.4 Å². The number of fused-ring (bicyclic) bond motifs is 1. The summed E-state index contributed by atoms with van der Waals surface area (Å²) in [4.78, 5) is 37.7. The Morgan fingerprint density at radius 2 is 1.85 bits per heavy atom. The van der Waals surface area contributed by atoms with Crippen molar-refractivity contribution in [2.45, 2.75) is 19.9 Å². The molecule has 1 aliphatic heterocycles. The predicted molar refractivity (Wildman–Crippen MR) is 98.7 cm³/mol. The topological polar surface area (TPSA) is 95.9 Å². The molecule has 3 rings (SSSR count). The first-order chi connectivity index (χ1) is 12.8. The highest BCUT2D eigenvalue weighted by molar-refractivity contribution is 6.02. The Morgan fingerprint density at radius 1 is 1.19 bits per heavy atom. The Kier molecular flexibility index (Phi) is 5.12. The van der Waals surface area contributed by atoms with Crippen LogP contribution in [0.1, 0.15) is 22.7 Å². The third kappa shape index (κ3) is 4.08. The number of rotatable bonds is 5. The first-order valence-corrected chi connectivity index (χ1v) is 8.47. The van der Waals surface area contributed by atoms with Gasteiger partial charge >= 0.3 is 5.97 Å². The van der Waals surface area contributed by atoms with Gasteiger partial charge in [0.1, 0.15) is 12.3 Å². The normalized spacial score (nSPS) is 14.1. The molecule has 0 bridgehead atoms. The Labute approximate surface area is 156 Å². The van der Waals surface area contributed by atoms with Gasteiger partial charge in [0.15, 0.2) is 12.6 Å². The molecule has 7 nitrogen and oxygen atoms in total. The van der Waals surface area contributed by atoms with Gasteiger partial charge in [-0.1, -0.05) is 41.5 Å². The van der Waals surface area contributed by atoms with Crippen LogP contribution in [0.15, 0.2) is 42.5 Å². The number of aliphatic carboxylic acids is 1. The van der Waals surface area contributed by atoms with Crippen LogP contribution in [0.25, 0.3) is 0 Å². The Balaban J connectivity index is 1.79. The fourth-order valence-corrected chi connectivity index (χ4v) is 3.14. The van der Waals surface area contributed by atoms with Gasteiger partial charge in [0.25, 0.3) is 5.91 Å². The van der Waals surface area contributed by atoms with Crippen molar-refractivity contribution in [1.82, 2.24) is 5.32 Å². The second-order valence-electron chi connectivity index (χ2n) is 6.50. The van der Waals surface area contributed by atoms with Crippen molar-refractivity contribution in [1.29, 1.82) is 0 Å². The van der Waals surface area contributed by atoms with Crippen LogP contribution in [-0.2, 0) is 14.4 Å². The van der Waals surface area contributed by atoms with Crippen molar-refractivity contribution >= 4 is 23.5 Å². The van der Waals surface area contributed by atoms with Crippen LogP contribution in [0.4, 0.5) is 5.69 Å². The van der Waals surface area contributed by atoms with Gasteiger partial charge in [0.05, 0.1) is 5.69 Å². The number of carboxylic acids is 1. The zero-order valence-electron chi connectivity index (χ0n) is 15.1. The number of carbonyl (C=O) groups excluding carboxylic acids is 2. The smallest absolute Gasteiger partial charge is 0.330 e. The lowest BCUT2D eigenvalue weighted by molar-refractivity contribution is -0.141. The van der Waals surface area contributed by atoms with E-state index in [0.717, 1.165) is 11.1 Å². The molecule has 7 heteroatoms. The van der Waals surface area contributed by atoms with E-state index in [1.807, 2.05) is 19.9 Å². The van der Waals surface area contributed by atoms with Crippen molar-refractivity contribution < 1.29 is 24.2 Å². The summed E-state index contributed by atoms with van der Waals surface area (Å²) < 4.78 is 5.35. The molecule has 1 atom stereocenters. The maximum Gasteiger partial charge on any atom is 0.330 e. The molecule has 0 fully saturated rings. The van der Waals surface area contributed by atoms with Gasteiger partial charge in [0.2, 0.25) is 5.91 Å². The molecule has 140 valence electrons. The summed E-state index contributed by atoms with van der Waals surface area (Å²) in [6.45, 7) is 3.28. The van der Waals surface area contributed by atoms with Crippen LogP contribution in [-0.4, -0.2) is 36.0 Å². The number of para-hydroxylation sites is 2. The van der Waals surface area contributed by atoms with Crippen molar-refractivity contribution in [3.05, 3.63) is 59.2 Å². The van der Waals surface area contributed by atoms with E-state index in [2.05, 4.69) is 5.32 Å². The molecule has 0 radical (unpaired) electrons. The van der Waals surface area contributed by atoms with Gasteiger partial charge in [-0.15, -0.1) is 0 Å². The molecule has 0 saturated heterocycles. The monoisotopic (exact) mass is 368 g/mol. The predicted octanol–water partition coefficient (Wildman–Crippen LogP) is 1.97. The van der Waals surface area contributed by atoms with Gasteiger partial charge in [-0.3, -0.25) is 14.5 Å². The molecule has 0 saturated carbocycles. The van der Waals surface area contributed by atoms with E-state index in [0.29, 0.717) is 17.0 Å². The Hall–Kier alpha value is -3.35. The maximum atomic E-state index is 12.5. The number of carbonyl (C=O) groups is 3. The maximum absolute atomic E-state index is 12.5. The highest BCUT2D eigenvalue weighted by Crippen LogP contribution is 2.31. The van der Waals surface area contributed by atoms with E-state index in [1.165, 1.54) is 4.90 Å². The van der Waals surface area contributed by atoms with Crippen molar-refractivity contribution in [2.75, 3.05) is 18.1 Å². The largest absolute Gasteiger partial charge is 0.482 e. The van der Waals surface area contributed by atoms with Crippen molar-refractivity contribution in [3.8, 4) is 5.75 Å². The second kappa shape index (κ2) is 7.49. The summed E-state index contributed by atoms with van der Waals surface area (Å²) in [5, 5.41) is 12.1. The van der Waals surface area contributed by atoms with Crippen LogP contribution in [0.2, 0.25) is 0 Å². The fraction of sp³-hybridized carbons (Fsp3) is 0.250. The molecule has 27 heavy (non-hydrogen) atoms. The molecule has 2 aromatic carbocycles. The second-order valence-corrected chi connectivity index (χ2v) is 6.50. The van der Waals surface area contributed by atoms with E-state index >= 15 is 0 Å². The molecule has 0 aliphatic carbocycles. The van der Waals surface area contributed by atoms with Crippen LogP contribution >= 0.6 is 0 Å². The molecule has 2 aromatic rings. The number of anilines is 1. The third-order valence-corrected chi connectivity index (χ3v) is 4.24. The SMILES string of the molecule is Cc1cc(C)cc(C(NC(=O)CN2C(=O)COc3ccccc32)C(=O)O)c1. The number of amides is 2. The molecular formula is C20H20N2O5. The lowest BCUT2D eigenvalue weighted by Crippen LogP contribution is -2.46.